The molecule has 0 aromatic heterocycles. The van der Waals surface area contributed by atoms with Crippen LogP contribution in [-0.2, 0) is 14.3 Å². The second-order valence-corrected chi connectivity index (χ2v) is 3.44. The highest BCUT2D eigenvalue weighted by molar-refractivity contribution is 6.14. The third kappa shape index (κ3) is 3.56. The van der Waals surface area contributed by atoms with E-state index >= 15 is 0 Å². The molecule has 0 radical (unpaired) electrons. The molecule has 18 heavy (non-hydrogen) atoms. The van der Waals surface area contributed by atoms with Crippen molar-refractivity contribution in [1.82, 2.24) is 0 Å². The summed E-state index contributed by atoms with van der Waals surface area (Å²) < 4.78 is 10.2. The average molecular weight is 251 g/mol. The smallest absolute Gasteiger partial charge is 0.341 e. The van der Waals surface area contributed by atoms with Gasteiger partial charge in [-0.2, -0.15) is 0 Å². The van der Waals surface area contributed by atoms with Crippen molar-refractivity contribution in [3.8, 4) is 0 Å². The number of benzene rings is 1. The molecule has 0 bridgehead atoms. The Morgan fingerprint density at radius 1 is 1.28 bits per heavy atom. The first-order valence-corrected chi connectivity index (χ1v) is 5.80. The van der Waals surface area contributed by atoms with Gasteiger partial charge in [-0.15, -0.1) is 0 Å². The Hall–Kier alpha value is -1.88. The molecule has 0 saturated carbocycles. The zero-order chi connectivity index (χ0) is 13.4. The summed E-state index contributed by atoms with van der Waals surface area (Å²) in [6.07, 6.45) is -1.01. The monoisotopic (exact) mass is 251 g/mol. The number of hydrogen-bond donors (Lipinski definition) is 1. The third-order valence-electron chi connectivity index (χ3n) is 2.26. The highest BCUT2D eigenvalue weighted by Crippen LogP contribution is 2.09. The lowest BCUT2D eigenvalue weighted by molar-refractivity contribution is -0.151. The second kappa shape index (κ2) is 7.45. The molecule has 1 unspecified atom stereocenters. The van der Waals surface area contributed by atoms with Gasteiger partial charge in [0.25, 0.3) is 0 Å². The molecule has 0 fully saturated rings. The van der Waals surface area contributed by atoms with Crippen molar-refractivity contribution in [2.24, 2.45) is 5.16 Å². The first-order valence-electron chi connectivity index (χ1n) is 5.80. The number of ether oxygens (including phenoxy) is 2. The van der Waals surface area contributed by atoms with E-state index in [1.54, 1.807) is 38.1 Å². The summed E-state index contributed by atoms with van der Waals surface area (Å²) in [5, 5.41) is 12.3. The van der Waals surface area contributed by atoms with Crippen LogP contribution in [0.2, 0.25) is 0 Å². The molecule has 1 atom stereocenters. The molecule has 0 amide bonds. The predicted molar refractivity (Wildman–Crippen MR) is 66.8 cm³/mol. The van der Waals surface area contributed by atoms with Crippen LogP contribution in [0.3, 0.4) is 0 Å². The molecule has 0 aliphatic carbocycles. The topological polar surface area (TPSA) is 68.1 Å². The molecule has 1 aromatic carbocycles. The van der Waals surface area contributed by atoms with Crippen LogP contribution in [0.1, 0.15) is 19.4 Å². The summed E-state index contributed by atoms with van der Waals surface area (Å²) in [7, 11) is 0. The molecular formula is C13H17NO4. The second-order valence-electron chi connectivity index (χ2n) is 3.44. The van der Waals surface area contributed by atoms with Gasteiger partial charge in [-0.3, -0.25) is 0 Å². The maximum Gasteiger partial charge on any atom is 0.341 e. The van der Waals surface area contributed by atoms with E-state index in [1.165, 1.54) is 0 Å². The third-order valence-corrected chi connectivity index (χ3v) is 2.26. The van der Waals surface area contributed by atoms with Crippen LogP contribution in [0.25, 0.3) is 0 Å². The molecule has 0 aliphatic rings. The van der Waals surface area contributed by atoms with Crippen LogP contribution >= 0.6 is 0 Å². The lowest BCUT2D eigenvalue weighted by Crippen LogP contribution is -2.35. The van der Waals surface area contributed by atoms with E-state index in [-0.39, 0.29) is 12.3 Å². The lowest BCUT2D eigenvalue weighted by Gasteiger charge is -2.16. The fourth-order valence-electron chi connectivity index (χ4n) is 1.51. The summed E-state index contributed by atoms with van der Waals surface area (Å²) in [5.41, 5.74) is 0.766. The van der Waals surface area contributed by atoms with E-state index in [0.29, 0.717) is 12.2 Å². The summed E-state index contributed by atoms with van der Waals surface area (Å²) in [5.74, 6) is -0.559. The Balaban J connectivity index is 2.99. The van der Waals surface area contributed by atoms with Crippen LogP contribution in [0.5, 0.6) is 0 Å². The lowest BCUT2D eigenvalue weighted by atomic mass is 10.1. The van der Waals surface area contributed by atoms with Crippen molar-refractivity contribution in [2.75, 3.05) is 13.2 Å². The van der Waals surface area contributed by atoms with Gasteiger partial charge in [-0.25, -0.2) is 4.79 Å². The van der Waals surface area contributed by atoms with Crippen LogP contribution in [-0.4, -0.2) is 36.2 Å². The number of oxime groups is 1. The van der Waals surface area contributed by atoms with E-state index in [0.717, 1.165) is 0 Å². The fourth-order valence-corrected chi connectivity index (χ4v) is 1.51. The van der Waals surface area contributed by atoms with Gasteiger partial charge in [0.1, 0.15) is 5.71 Å². The summed E-state index contributed by atoms with van der Waals surface area (Å²) in [6, 6.07) is 8.88. The minimum atomic E-state index is -1.01. The minimum absolute atomic E-state index is 0.149. The van der Waals surface area contributed by atoms with E-state index in [9.17, 15) is 4.79 Å². The Labute approximate surface area is 106 Å². The van der Waals surface area contributed by atoms with Gasteiger partial charge in [0.05, 0.1) is 6.61 Å². The van der Waals surface area contributed by atoms with Gasteiger partial charge in [-0.1, -0.05) is 35.5 Å². The molecule has 5 nitrogen and oxygen atoms in total. The van der Waals surface area contributed by atoms with Crippen molar-refractivity contribution in [3.63, 3.8) is 0 Å². The summed E-state index contributed by atoms with van der Waals surface area (Å²) >= 11 is 0. The Morgan fingerprint density at radius 3 is 2.44 bits per heavy atom. The van der Waals surface area contributed by atoms with Crippen LogP contribution in [0, 0.1) is 0 Å². The zero-order valence-corrected chi connectivity index (χ0v) is 10.5. The standard InChI is InChI=1S/C13H17NO4/c1-3-17-12(13(15)18-4-2)11(14-16)10-8-6-5-7-9-10/h5-9,12,16H,3-4H2,1-2H3/b14-11+. The number of rotatable bonds is 6. The maximum atomic E-state index is 11.8. The molecule has 1 aromatic rings. The zero-order valence-electron chi connectivity index (χ0n) is 10.5. The molecule has 1 N–H and O–H groups in total. The number of carbonyl (C=O) groups excluding carboxylic acids is 1. The van der Waals surface area contributed by atoms with Gasteiger partial charge >= 0.3 is 5.97 Å². The number of nitrogens with zero attached hydrogens (tertiary/aromatic N) is 1. The van der Waals surface area contributed by atoms with Crippen molar-refractivity contribution in [1.29, 1.82) is 0 Å². The molecular weight excluding hydrogens is 234 g/mol. The molecule has 98 valence electrons. The van der Waals surface area contributed by atoms with E-state index in [4.69, 9.17) is 14.7 Å². The van der Waals surface area contributed by atoms with Crippen molar-refractivity contribution in [2.45, 2.75) is 20.0 Å². The minimum Gasteiger partial charge on any atom is -0.464 e. The Morgan fingerprint density at radius 2 is 1.94 bits per heavy atom. The van der Waals surface area contributed by atoms with E-state index < -0.39 is 12.1 Å². The SMILES string of the molecule is CCOC(=O)C(OCC)/C(=N/O)c1ccccc1. The van der Waals surface area contributed by atoms with Gasteiger partial charge in [0, 0.05) is 12.2 Å². The fraction of sp³-hybridized carbons (Fsp3) is 0.385. The molecule has 0 saturated heterocycles. The molecule has 0 heterocycles. The van der Waals surface area contributed by atoms with Gasteiger partial charge in [0.2, 0.25) is 6.10 Å². The largest absolute Gasteiger partial charge is 0.464 e. The normalized spacial score (nSPS) is 13.1. The Kier molecular flexibility index (Phi) is 5.87. The molecule has 0 spiro atoms. The predicted octanol–water partition coefficient (Wildman–Crippen LogP) is 1.83. The van der Waals surface area contributed by atoms with Crippen molar-refractivity contribution < 1.29 is 19.5 Å². The molecule has 0 aliphatic heterocycles. The first-order chi connectivity index (χ1) is 8.74. The van der Waals surface area contributed by atoms with Crippen LogP contribution in [0.15, 0.2) is 35.5 Å². The maximum absolute atomic E-state index is 11.8. The number of carbonyl (C=O) groups is 1. The van der Waals surface area contributed by atoms with Gasteiger partial charge < -0.3 is 14.7 Å². The van der Waals surface area contributed by atoms with E-state index in [1.807, 2.05) is 6.07 Å². The highest BCUT2D eigenvalue weighted by atomic mass is 16.6. The quantitative estimate of drug-likeness (QED) is 0.362. The highest BCUT2D eigenvalue weighted by Gasteiger charge is 2.28. The van der Waals surface area contributed by atoms with Crippen molar-refractivity contribution >= 4 is 11.7 Å². The summed E-state index contributed by atoms with van der Waals surface area (Å²) in [4.78, 5) is 11.8. The first kappa shape index (κ1) is 14.2. The summed E-state index contributed by atoms with van der Waals surface area (Å²) in [6.45, 7) is 4.02. The molecule has 5 heteroatoms. The molecule has 1 rings (SSSR count). The Bertz CT molecular complexity index is 403. The van der Waals surface area contributed by atoms with Crippen molar-refractivity contribution in [3.05, 3.63) is 35.9 Å². The van der Waals surface area contributed by atoms with E-state index in [2.05, 4.69) is 5.16 Å². The van der Waals surface area contributed by atoms with Crippen LogP contribution < -0.4 is 0 Å². The number of esters is 1. The average Bonchev–Trinajstić information content (AvgIpc) is 2.40. The van der Waals surface area contributed by atoms with Crippen LogP contribution in [0.4, 0.5) is 0 Å². The van der Waals surface area contributed by atoms with Gasteiger partial charge in [0.15, 0.2) is 0 Å². The van der Waals surface area contributed by atoms with Gasteiger partial charge in [-0.05, 0) is 13.8 Å². The number of hydrogen-bond acceptors (Lipinski definition) is 5.